The predicted octanol–water partition coefficient (Wildman–Crippen LogP) is 2.13. The van der Waals surface area contributed by atoms with Gasteiger partial charge in [0.05, 0.1) is 6.61 Å². The minimum absolute atomic E-state index is 0.143. The maximum absolute atomic E-state index is 11.6. The molecule has 0 aromatic heterocycles. The molecule has 0 aliphatic heterocycles. The lowest BCUT2D eigenvalue weighted by Crippen LogP contribution is -2.39. The first kappa shape index (κ1) is 14.2. The van der Waals surface area contributed by atoms with E-state index in [1.54, 1.807) is 0 Å². The standard InChI is InChI=1S/C12H23NO2/c1-5-7-8-13-11(9-10(3)4)12(14)15-6-2/h5,10-11,13H,1,6-9H2,2-4H3/t11-/m0/s1. The Hall–Kier alpha value is -0.830. The lowest BCUT2D eigenvalue weighted by Gasteiger charge is -2.18. The van der Waals surface area contributed by atoms with E-state index in [-0.39, 0.29) is 12.0 Å². The summed E-state index contributed by atoms with van der Waals surface area (Å²) in [6.45, 7) is 10.9. The number of esters is 1. The maximum Gasteiger partial charge on any atom is 0.323 e. The zero-order valence-electron chi connectivity index (χ0n) is 10.1. The van der Waals surface area contributed by atoms with Crippen molar-refractivity contribution in [2.75, 3.05) is 13.2 Å². The average Bonchev–Trinajstić information content (AvgIpc) is 2.16. The minimum atomic E-state index is -0.176. The van der Waals surface area contributed by atoms with E-state index in [9.17, 15) is 4.79 Å². The summed E-state index contributed by atoms with van der Waals surface area (Å²) in [4.78, 5) is 11.6. The third-order valence-electron chi connectivity index (χ3n) is 2.02. The lowest BCUT2D eigenvalue weighted by molar-refractivity contribution is -0.146. The van der Waals surface area contributed by atoms with Crippen LogP contribution in [0.4, 0.5) is 0 Å². The van der Waals surface area contributed by atoms with Crippen molar-refractivity contribution in [2.45, 2.75) is 39.7 Å². The molecule has 0 amide bonds. The Labute approximate surface area is 92.9 Å². The third kappa shape index (κ3) is 7.14. The Bertz CT molecular complexity index is 190. The summed E-state index contributed by atoms with van der Waals surface area (Å²) in [5.41, 5.74) is 0. The van der Waals surface area contributed by atoms with Gasteiger partial charge in [-0.05, 0) is 32.2 Å². The summed E-state index contributed by atoms with van der Waals surface area (Å²) in [6.07, 6.45) is 3.52. The smallest absolute Gasteiger partial charge is 0.323 e. The first-order valence-electron chi connectivity index (χ1n) is 5.62. The quantitative estimate of drug-likeness (QED) is 0.381. The summed E-state index contributed by atoms with van der Waals surface area (Å²) >= 11 is 0. The fourth-order valence-electron chi connectivity index (χ4n) is 1.34. The second-order valence-corrected chi connectivity index (χ2v) is 3.97. The molecule has 15 heavy (non-hydrogen) atoms. The minimum Gasteiger partial charge on any atom is -0.465 e. The highest BCUT2D eigenvalue weighted by molar-refractivity contribution is 5.75. The van der Waals surface area contributed by atoms with Crippen LogP contribution in [0.25, 0.3) is 0 Å². The normalized spacial score (nSPS) is 12.5. The van der Waals surface area contributed by atoms with Crippen LogP contribution < -0.4 is 5.32 Å². The second kappa shape index (κ2) is 8.48. The van der Waals surface area contributed by atoms with Crippen LogP contribution in [0.1, 0.15) is 33.6 Å². The first-order chi connectivity index (χ1) is 7.11. The Morgan fingerprint density at radius 3 is 2.67 bits per heavy atom. The summed E-state index contributed by atoms with van der Waals surface area (Å²) in [5.74, 6) is 0.339. The molecule has 0 fully saturated rings. The van der Waals surface area contributed by atoms with E-state index in [1.807, 2.05) is 13.0 Å². The van der Waals surface area contributed by atoms with Crippen LogP contribution in [-0.2, 0) is 9.53 Å². The van der Waals surface area contributed by atoms with Crippen LogP contribution in [0, 0.1) is 5.92 Å². The number of rotatable bonds is 8. The molecule has 0 aliphatic carbocycles. The molecule has 3 heteroatoms. The van der Waals surface area contributed by atoms with E-state index in [1.165, 1.54) is 0 Å². The van der Waals surface area contributed by atoms with Crippen LogP contribution in [0.5, 0.6) is 0 Å². The Morgan fingerprint density at radius 2 is 2.20 bits per heavy atom. The van der Waals surface area contributed by atoms with Crippen molar-refractivity contribution in [3.63, 3.8) is 0 Å². The zero-order valence-corrected chi connectivity index (χ0v) is 10.1. The summed E-state index contributed by atoms with van der Waals surface area (Å²) in [5, 5.41) is 3.19. The molecule has 0 bridgehead atoms. The number of carbonyl (C=O) groups excluding carboxylic acids is 1. The van der Waals surface area contributed by atoms with Crippen molar-refractivity contribution >= 4 is 5.97 Å². The van der Waals surface area contributed by atoms with Crippen molar-refractivity contribution in [3.05, 3.63) is 12.7 Å². The largest absolute Gasteiger partial charge is 0.465 e. The molecule has 0 radical (unpaired) electrons. The topological polar surface area (TPSA) is 38.3 Å². The van der Waals surface area contributed by atoms with Gasteiger partial charge >= 0.3 is 5.97 Å². The van der Waals surface area contributed by atoms with E-state index < -0.39 is 0 Å². The van der Waals surface area contributed by atoms with Crippen molar-refractivity contribution in [1.29, 1.82) is 0 Å². The van der Waals surface area contributed by atoms with Gasteiger partial charge in [0.2, 0.25) is 0 Å². The summed E-state index contributed by atoms with van der Waals surface area (Å²) in [7, 11) is 0. The fraction of sp³-hybridized carbons (Fsp3) is 0.750. The molecule has 88 valence electrons. The van der Waals surface area contributed by atoms with Crippen molar-refractivity contribution in [3.8, 4) is 0 Å². The summed E-state index contributed by atoms with van der Waals surface area (Å²) in [6, 6.07) is -0.176. The highest BCUT2D eigenvalue weighted by atomic mass is 16.5. The average molecular weight is 213 g/mol. The van der Waals surface area contributed by atoms with Gasteiger partial charge in [0.1, 0.15) is 6.04 Å². The van der Waals surface area contributed by atoms with Crippen LogP contribution in [0.2, 0.25) is 0 Å². The SMILES string of the molecule is C=CCCN[C@@H](CC(C)C)C(=O)OCC. The zero-order chi connectivity index (χ0) is 11.7. The molecular weight excluding hydrogens is 190 g/mol. The Balaban J connectivity index is 4.04. The predicted molar refractivity (Wildman–Crippen MR) is 62.7 cm³/mol. The molecule has 0 aliphatic rings. The molecule has 0 heterocycles. The number of hydrogen-bond donors (Lipinski definition) is 1. The molecule has 0 spiro atoms. The molecule has 0 saturated heterocycles. The number of ether oxygens (including phenoxy) is 1. The highest BCUT2D eigenvalue weighted by Crippen LogP contribution is 2.06. The molecule has 0 unspecified atom stereocenters. The van der Waals surface area contributed by atoms with Crippen LogP contribution in [0.3, 0.4) is 0 Å². The van der Waals surface area contributed by atoms with Gasteiger partial charge in [0.25, 0.3) is 0 Å². The second-order valence-electron chi connectivity index (χ2n) is 3.97. The molecule has 1 atom stereocenters. The van der Waals surface area contributed by atoms with Gasteiger partial charge in [0, 0.05) is 0 Å². The van der Waals surface area contributed by atoms with Crippen LogP contribution in [-0.4, -0.2) is 25.2 Å². The maximum atomic E-state index is 11.6. The molecule has 0 saturated carbocycles. The van der Waals surface area contributed by atoms with E-state index in [4.69, 9.17) is 4.74 Å². The van der Waals surface area contributed by atoms with E-state index >= 15 is 0 Å². The fourth-order valence-corrected chi connectivity index (χ4v) is 1.34. The molecule has 0 rings (SSSR count). The lowest BCUT2D eigenvalue weighted by atomic mass is 10.0. The van der Waals surface area contributed by atoms with Gasteiger partial charge in [0.15, 0.2) is 0 Å². The van der Waals surface area contributed by atoms with Crippen molar-refractivity contribution < 1.29 is 9.53 Å². The molecule has 3 nitrogen and oxygen atoms in total. The van der Waals surface area contributed by atoms with E-state index in [2.05, 4.69) is 25.7 Å². The highest BCUT2D eigenvalue weighted by Gasteiger charge is 2.19. The van der Waals surface area contributed by atoms with Crippen LogP contribution >= 0.6 is 0 Å². The van der Waals surface area contributed by atoms with Gasteiger partial charge in [-0.15, -0.1) is 6.58 Å². The van der Waals surface area contributed by atoms with Gasteiger partial charge in [-0.1, -0.05) is 19.9 Å². The monoisotopic (exact) mass is 213 g/mol. The van der Waals surface area contributed by atoms with Gasteiger partial charge in [-0.2, -0.15) is 0 Å². The van der Waals surface area contributed by atoms with E-state index in [0.29, 0.717) is 12.5 Å². The van der Waals surface area contributed by atoms with Crippen molar-refractivity contribution in [2.24, 2.45) is 5.92 Å². The van der Waals surface area contributed by atoms with E-state index in [0.717, 1.165) is 19.4 Å². The van der Waals surface area contributed by atoms with Gasteiger partial charge in [-0.25, -0.2) is 0 Å². The Morgan fingerprint density at radius 1 is 1.53 bits per heavy atom. The number of carbonyl (C=O) groups is 1. The third-order valence-corrected chi connectivity index (χ3v) is 2.02. The Kier molecular flexibility index (Phi) is 8.01. The molecule has 0 aromatic rings. The molecule has 1 N–H and O–H groups in total. The summed E-state index contributed by atoms with van der Waals surface area (Å²) < 4.78 is 5.01. The van der Waals surface area contributed by atoms with Gasteiger partial charge in [-0.3, -0.25) is 4.79 Å². The molecule has 0 aromatic carbocycles. The molecular formula is C12H23NO2. The van der Waals surface area contributed by atoms with Gasteiger partial charge < -0.3 is 10.1 Å². The van der Waals surface area contributed by atoms with Crippen molar-refractivity contribution in [1.82, 2.24) is 5.32 Å². The number of nitrogens with one attached hydrogen (secondary N) is 1. The van der Waals surface area contributed by atoms with Crippen LogP contribution in [0.15, 0.2) is 12.7 Å². The number of hydrogen-bond acceptors (Lipinski definition) is 3. The first-order valence-corrected chi connectivity index (χ1v) is 5.62.